The molecule has 1 aromatic carbocycles. The zero-order chi connectivity index (χ0) is 21.4. The Labute approximate surface area is 172 Å². The number of rotatable bonds is 4. The van der Waals surface area contributed by atoms with Crippen LogP contribution in [0.3, 0.4) is 0 Å². The fourth-order valence-electron chi connectivity index (χ4n) is 4.47. The summed E-state index contributed by atoms with van der Waals surface area (Å²) in [4.78, 5) is 24.5. The monoisotopic (exact) mass is 403 g/mol. The van der Waals surface area contributed by atoms with Crippen molar-refractivity contribution >= 4 is 16.9 Å². The van der Waals surface area contributed by atoms with Crippen LogP contribution in [0.15, 0.2) is 12.1 Å². The normalized spacial score (nSPS) is 18.7. The number of fused-ring (bicyclic) bond motifs is 1. The SMILES string of the molecule is CC.Cc1cc(F)cc2[nH]c(CN3CC4(CN(CC(=O)NC(C)(C)C)C4)C3)nc12. The molecule has 0 atom stereocenters. The van der Waals surface area contributed by atoms with Crippen molar-refractivity contribution in [2.75, 3.05) is 32.7 Å². The Bertz CT molecular complexity index is 871. The number of nitrogens with one attached hydrogen (secondary N) is 2. The van der Waals surface area contributed by atoms with E-state index < -0.39 is 0 Å². The molecule has 1 aromatic heterocycles. The summed E-state index contributed by atoms with van der Waals surface area (Å²) in [6.45, 7) is 17.1. The number of hydrogen-bond donors (Lipinski definition) is 2. The Kier molecular flexibility index (Phi) is 6.01. The molecule has 0 saturated carbocycles. The van der Waals surface area contributed by atoms with Crippen LogP contribution >= 0.6 is 0 Å². The molecule has 1 spiro atoms. The van der Waals surface area contributed by atoms with Gasteiger partial charge in [0.25, 0.3) is 0 Å². The lowest BCUT2D eigenvalue weighted by atomic mass is 9.73. The topological polar surface area (TPSA) is 64.3 Å². The molecule has 2 fully saturated rings. The minimum Gasteiger partial charge on any atom is -0.350 e. The summed E-state index contributed by atoms with van der Waals surface area (Å²) in [5.74, 6) is 0.746. The number of carbonyl (C=O) groups excluding carboxylic acids is 1. The van der Waals surface area contributed by atoms with Gasteiger partial charge in [0.1, 0.15) is 11.6 Å². The van der Waals surface area contributed by atoms with Gasteiger partial charge in [0.15, 0.2) is 0 Å². The average molecular weight is 404 g/mol. The van der Waals surface area contributed by atoms with Crippen LogP contribution in [0, 0.1) is 18.2 Å². The molecule has 3 heterocycles. The van der Waals surface area contributed by atoms with Crippen LogP contribution in [-0.2, 0) is 11.3 Å². The molecule has 6 nitrogen and oxygen atoms in total. The lowest BCUT2D eigenvalue weighted by Gasteiger charge is -2.60. The number of amides is 1. The van der Waals surface area contributed by atoms with Crippen LogP contribution < -0.4 is 5.32 Å². The van der Waals surface area contributed by atoms with E-state index in [9.17, 15) is 9.18 Å². The molecule has 4 rings (SSSR count). The van der Waals surface area contributed by atoms with Crippen LogP contribution in [0.25, 0.3) is 11.0 Å². The Morgan fingerprint density at radius 3 is 2.45 bits per heavy atom. The van der Waals surface area contributed by atoms with Gasteiger partial charge in [-0.15, -0.1) is 0 Å². The number of hydrogen-bond acceptors (Lipinski definition) is 4. The van der Waals surface area contributed by atoms with Crippen LogP contribution in [0.2, 0.25) is 0 Å². The van der Waals surface area contributed by atoms with Crippen molar-refractivity contribution < 1.29 is 9.18 Å². The smallest absolute Gasteiger partial charge is 0.234 e. The van der Waals surface area contributed by atoms with Crippen molar-refractivity contribution in [1.82, 2.24) is 25.1 Å². The zero-order valence-corrected chi connectivity index (χ0v) is 18.5. The van der Waals surface area contributed by atoms with Crippen molar-refractivity contribution in [3.8, 4) is 0 Å². The second-order valence-electron chi connectivity index (χ2n) is 9.39. The summed E-state index contributed by atoms with van der Waals surface area (Å²) in [6.07, 6.45) is 0. The molecule has 2 N–H and O–H groups in total. The highest BCUT2D eigenvalue weighted by molar-refractivity contribution is 5.79. The van der Waals surface area contributed by atoms with Crippen LogP contribution in [0.5, 0.6) is 0 Å². The minimum absolute atomic E-state index is 0.0957. The quantitative estimate of drug-likeness (QED) is 0.824. The van der Waals surface area contributed by atoms with Crippen molar-refractivity contribution in [1.29, 1.82) is 0 Å². The van der Waals surface area contributed by atoms with Crippen LogP contribution in [0.4, 0.5) is 4.39 Å². The highest BCUT2D eigenvalue weighted by Crippen LogP contribution is 2.40. The number of carbonyl (C=O) groups is 1. The van der Waals surface area contributed by atoms with Gasteiger partial charge < -0.3 is 10.3 Å². The zero-order valence-electron chi connectivity index (χ0n) is 18.5. The third-order valence-electron chi connectivity index (χ3n) is 5.28. The van der Waals surface area contributed by atoms with Crippen molar-refractivity contribution in [3.63, 3.8) is 0 Å². The largest absolute Gasteiger partial charge is 0.350 e. The Hall–Kier alpha value is -1.99. The number of nitrogens with zero attached hydrogens (tertiary/aromatic N) is 3. The molecule has 0 bridgehead atoms. The summed E-state index contributed by atoms with van der Waals surface area (Å²) < 4.78 is 13.5. The van der Waals surface area contributed by atoms with E-state index in [1.54, 1.807) is 0 Å². The Morgan fingerprint density at radius 2 is 1.83 bits per heavy atom. The number of aromatic amines is 1. The van der Waals surface area contributed by atoms with Gasteiger partial charge in [-0.05, 0) is 45.4 Å². The maximum Gasteiger partial charge on any atom is 0.234 e. The highest BCUT2D eigenvalue weighted by atomic mass is 19.1. The van der Waals surface area contributed by atoms with E-state index in [-0.39, 0.29) is 17.3 Å². The third-order valence-corrected chi connectivity index (χ3v) is 5.28. The Balaban J connectivity index is 0.00000117. The van der Waals surface area contributed by atoms with Crippen molar-refractivity contribution in [2.45, 2.75) is 53.6 Å². The fraction of sp³-hybridized carbons (Fsp3) is 0.636. The van der Waals surface area contributed by atoms with Crippen LogP contribution in [-0.4, -0.2) is 63.9 Å². The molecule has 2 saturated heterocycles. The maximum absolute atomic E-state index is 13.5. The van der Waals surface area contributed by atoms with Gasteiger partial charge in [-0.3, -0.25) is 14.6 Å². The average Bonchev–Trinajstić information content (AvgIpc) is 2.93. The highest BCUT2D eigenvalue weighted by Gasteiger charge is 2.51. The summed E-state index contributed by atoms with van der Waals surface area (Å²) in [5, 5.41) is 3.01. The van der Waals surface area contributed by atoms with E-state index in [0.29, 0.717) is 12.0 Å². The number of imidazole rings is 1. The van der Waals surface area contributed by atoms with E-state index in [1.165, 1.54) is 12.1 Å². The molecule has 7 heteroatoms. The van der Waals surface area contributed by atoms with Gasteiger partial charge in [0, 0.05) is 37.1 Å². The lowest BCUT2D eigenvalue weighted by molar-refractivity contribution is -0.139. The molecule has 160 valence electrons. The number of halogens is 1. The molecule has 29 heavy (non-hydrogen) atoms. The summed E-state index contributed by atoms with van der Waals surface area (Å²) >= 11 is 0. The van der Waals surface area contributed by atoms with Gasteiger partial charge in [0.05, 0.1) is 24.1 Å². The molecular weight excluding hydrogens is 369 g/mol. The standard InChI is InChI=1S/C20H28FN5O.C2H6/c1-13-5-14(21)6-15-18(13)23-16(22-15)7-25-9-20(10-25)11-26(12-20)8-17(27)24-19(2,3)4;1-2/h5-6H,7-12H2,1-4H3,(H,22,23)(H,24,27);1-2H3. The first-order valence-corrected chi connectivity index (χ1v) is 10.5. The third kappa shape index (κ3) is 4.95. The second kappa shape index (κ2) is 8.03. The van der Waals surface area contributed by atoms with E-state index >= 15 is 0 Å². The molecule has 2 aromatic rings. The van der Waals surface area contributed by atoms with Gasteiger partial charge in [-0.25, -0.2) is 9.37 Å². The van der Waals surface area contributed by atoms with Crippen molar-refractivity contribution in [3.05, 3.63) is 29.3 Å². The molecule has 2 aliphatic rings. The first kappa shape index (κ1) is 21.7. The van der Waals surface area contributed by atoms with Gasteiger partial charge >= 0.3 is 0 Å². The molecular formula is C22H34FN5O. The van der Waals surface area contributed by atoms with Crippen LogP contribution in [0.1, 0.15) is 46.0 Å². The summed E-state index contributed by atoms with van der Waals surface area (Å²) in [5.41, 5.74) is 2.62. The Morgan fingerprint density at radius 1 is 1.21 bits per heavy atom. The van der Waals surface area contributed by atoms with Gasteiger partial charge in [-0.2, -0.15) is 0 Å². The molecule has 0 radical (unpaired) electrons. The van der Waals surface area contributed by atoms with E-state index in [1.807, 2.05) is 41.5 Å². The number of benzene rings is 1. The number of H-pyrrole nitrogens is 1. The second-order valence-corrected chi connectivity index (χ2v) is 9.39. The fourth-order valence-corrected chi connectivity index (χ4v) is 4.47. The van der Waals surface area contributed by atoms with Gasteiger partial charge in [-0.1, -0.05) is 13.8 Å². The predicted octanol–water partition coefficient (Wildman–Crippen LogP) is 3.07. The molecule has 0 aliphatic carbocycles. The summed E-state index contributed by atoms with van der Waals surface area (Å²) in [6, 6.07) is 3.02. The maximum atomic E-state index is 13.5. The molecule has 0 unspecified atom stereocenters. The number of aryl methyl sites for hydroxylation is 1. The summed E-state index contributed by atoms with van der Waals surface area (Å²) in [7, 11) is 0. The van der Waals surface area contributed by atoms with E-state index in [4.69, 9.17) is 0 Å². The van der Waals surface area contributed by atoms with Gasteiger partial charge in [0.2, 0.25) is 5.91 Å². The van der Waals surface area contributed by atoms with E-state index in [2.05, 4.69) is 25.1 Å². The number of aromatic nitrogens is 2. The molecule has 1 amide bonds. The number of likely N-dealkylation sites (tertiary alicyclic amines) is 2. The minimum atomic E-state index is -0.233. The molecule has 2 aliphatic heterocycles. The first-order chi connectivity index (χ1) is 13.6. The first-order valence-electron chi connectivity index (χ1n) is 10.5. The van der Waals surface area contributed by atoms with E-state index in [0.717, 1.165) is 55.1 Å². The van der Waals surface area contributed by atoms with Crippen molar-refractivity contribution in [2.24, 2.45) is 5.41 Å². The predicted molar refractivity (Wildman–Crippen MR) is 114 cm³/mol. The lowest BCUT2D eigenvalue weighted by Crippen LogP contribution is -2.72.